The normalized spacial score (nSPS) is 15.2. The molecule has 0 bridgehead atoms. The van der Waals surface area contributed by atoms with Gasteiger partial charge in [0.1, 0.15) is 0 Å². The van der Waals surface area contributed by atoms with Gasteiger partial charge in [0.15, 0.2) is 0 Å². The summed E-state index contributed by atoms with van der Waals surface area (Å²) in [6.45, 7) is 2.54. The van der Waals surface area contributed by atoms with Crippen molar-refractivity contribution in [2.24, 2.45) is 11.5 Å². The number of nitrogens with two attached hydrogens (primary N) is 2. The lowest BCUT2D eigenvalue weighted by Crippen LogP contribution is -2.25. The summed E-state index contributed by atoms with van der Waals surface area (Å²) in [5.41, 5.74) is 14.2. The van der Waals surface area contributed by atoms with Crippen LogP contribution < -0.4 is 16.8 Å². The van der Waals surface area contributed by atoms with Crippen LogP contribution in [0.15, 0.2) is 53.8 Å². The van der Waals surface area contributed by atoms with E-state index in [0.717, 1.165) is 35.9 Å². The van der Waals surface area contributed by atoms with Gasteiger partial charge in [0.2, 0.25) is 0 Å². The van der Waals surface area contributed by atoms with Crippen molar-refractivity contribution < 1.29 is 4.79 Å². The van der Waals surface area contributed by atoms with Crippen molar-refractivity contribution in [3.05, 3.63) is 69.9 Å². The molecule has 142 valence electrons. The van der Waals surface area contributed by atoms with Crippen molar-refractivity contribution in [1.82, 2.24) is 15.2 Å². The van der Waals surface area contributed by atoms with E-state index >= 15 is 0 Å². The highest BCUT2D eigenvalue weighted by molar-refractivity contribution is 7.09. The van der Waals surface area contributed by atoms with Gasteiger partial charge in [-0.25, -0.2) is 4.98 Å². The van der Waals surface area contributed by atoms with E-state index in [1.807, 2.05) is 23.6 Å². The summed E-state index contributed by atoms with van der Waals surface area (Å²) >= 11 is 1.59. The molecule has 1 aliphatic heterocycles. The summed E-state index contributed by atoms with van der Waals surface area (Å²) in [6.07, 6.45) is 8.48. The number of aromatic nitrogens is 1. The zero-order valence-corrected chi connectivity index (χ0v) is 16.0. The van der Waals surface area contributed by atoms with Crippen LogP contribution in [0.4, 0.5) is 0 Å². The highest BCUT2D eigenvalue weighted by Gasteiger charge is 2.11. The predicted octanol–water partition coefficient (Wildman–Crippen LogP) is 2.31. The molecule has 1 saturated heterocycles. The predicted molar refractivity (Wildman–Crippen MR) is 110 cm³/mol. The monoisotopic (exact) mass is 383 g/mol. The number of carbonyl (C=O) groups excluding carboxylic acids is 1. The Kier molecular flexibility index (Phi) is 6.49. The Morgan fingerprint density at radius 3 is 2.74 bits per heavy atom. The van der Waals surface area contributed by atoms with E-state index in [2.05, 4.69) is 15.2 Å². The second-order valence-electron chi connectivity index (χ2n) is 6.42. The second kappa shape index (κ2) is 9.23. The molecule has 0 unspecified atom stereocenters. The van der Waals surface area contributed by atoms with Crippen molar-refractivity contribution in [2.75, 3.05) is 19.6 Å². The van der Waals surface area contributed by atoms with Gasteiger partial charge in [-0.3, -0.25) is 4.79 Å². The third kappa shape index (κ3) is 5.34. The zero-order chi connectivity index (χ0) is 19.1. The van der Waals surface area contributed by atoms with Gasteiger partial charge < -0.3 is 21.7 Å². The minimum Gasteiger partial charge on any atom is -0.398 e. The summed E-state index contributed by atoms with van der Waals surface area (Å²) in [4.78, 5) is 18.7. The number of amides is 1. The SMILES string of the molecule is N/C(=C\C=C(/N)N1CCCC1)c1cccc(C(=O)NCCc2nccs2)c1. The highest BCUT2D eigenvalue weighted by Crippen LogP contribution is 2.14. The molecule has 3 rings (SSSR count). The topological polar surface area (TPSA) is 97.3 Å². The number of nitrogens with zero attached hydrogens (tertiary/aromatic N) is 2. The van der Waals surface area contributed by atoms with Crippen LogP contribution in [0.25, 0.3) is 5.70 Å². The molecule has 0 aliphatic carbocycles. The Morgan fingerprint density at radius 1 is 1.22 bits per heavy atom. The van der Waals surface area contributed by atoms with Crippen molar-refractivity contribution in [2.45, 2.75) is 19.3 Å². The number of nitrogens with one attached hydrogen (secondary N) is 1. The molecular weight excluding hydrogens is 358 g/mol. The minimum absolute atomic E-state index is 0.117. The first-order chi connectivity index (χ1) is 13.1. The van der Waals surface area contributed by atoms with Crippen LogP contribution in [0.2, 0.25) is 0 Å². The lowest BCUT2D eigenvalue weighted by molar-refractivity contribution is 0.0954. The van der Waals surface area contributed by atoms with Crippen LogP contribution >= 0.6 is 11.3 Å². The van der Waals surface area contributed by atoms with Crippen molar-refractivity contribution >= 4 is 22.9 Å². The Hall–Kier alpha value is -2.80. The van der Waals surface area contributed by atoms with Gasteiger partial charge in [0, 0.05) is 48.9 Å². The first kappa shape index (κ1) is 19.0. The molecule has 1 amide bonds. The van der Waals surface area contributed by atoms with E-state index in [4.69, 9.17) is 11.5 Å². The fourth-order valence-electron chi connectivity index (χ4n) is 2.95. The van der Waals surface area contributed by atoms with Gasteiger partial charge in [0.05, 0.1) is 10.8 Å². The van der Waals surface area contributed by atoms with Gasteiger partial charge in [-0.05, 0) is 42.7 Å². The minimum atomic E-state index is -0.117. The van der Waals surface area contributed by atoms with E-state index in [0.29, 0.717) is 17.8 Å². The fourth-order valence-corrected chi connectivity index (χ4v) is 3.57. The molecule has 7 heteroatoms. The molecule has 0 atom stereocenters. The lowest BCUT2D eigenvalue weighted by atomic mass is 10.1. The molecule has 1 aromatic carbocycles. The molecule has 6 nitrogen and oxygen atoms in total. The number of rotatable bonds is 7. The van der Waals surface area contributed by atoms with Crippen LogP contribution in [0.1, 0.15) is 33.8 Å². The average Bonchev–Trinajstić information content (AvgIpc) is 3.40. The summed E-state index contributed by atoms with van der Waals surface area (Å²) in [5.74, 6) is 0.611. The van der Waals surface area contributed by atoms with E-state index in [9.17, 15) is 4.79 Å². The third-order valence-electron chi connectivity index (χ3n) is 4.47. The molecule has 0 spiro atoms. The van der Waals surface area contributed by atoms with Crippen molar-refractivity contribution in [3.63, 3.8) is 0 Å². The Bertz CT molecular complexity index is 823. The van der Waals surface area contributed by atoms with Gasteiger partial charge in [-0.15, -0.1) is 11.3 Å². The average molecular weight is 384 g/mol. The molecule has 1 aromatic heterocycles. The molecule has 2 heterocycles. The molecule has 2 aromatic rings. The maximum absolute atomic E-state index is 12.4. The molecule has 1 aliphatic rings. The summed E-state index contributed by atoms with van der Waals surface area (Å²) in [6, 6.07) is 7.30. The number of benzene rings is 1. The largest absolute Gasteiger partial charge is 0.398 e. The first-order valence-electron chi connectivity index (χ1n) is 9.08. The maximum Gasteiger partial charge on any atom is 0.251 e. The summed E-state index contributed by atoms with van der Waals surface area (Å²) < 4.78 is 0. The van der Waals surface area contributed by atoms with Gasteiger partial charge in [-0.2, -0.15) is 0 Å². The number of hydrogen-bond acceptors (Lipinski definition) is 6. The molecule has 0 saturated carbocycles. The third-order valence-corrected chi connectivity index (χ3v) is 5.31. The number of thiazole rings is 1. The van der Waals surface area contributed by atoms with E-state index in [-0.39, 0.29) is 5.91 Å². The summed E-state index contributed by atoms with van der Waals surface area (Å²) in [5, 5.41) is 5.86. The number of allylic oxidation sites excluding steroid dienone is 2. The Balaban J connectivity index is 1.60. The molecule has 0 radical (unpaired) electrons. The summed E-state index contributed by atoms with van der Waals surface area (Å²) in [7, 11) is 0. The molecule has 1 fully saturated rings. The lowest BCUT2D eigenvalue weighted by Gasteiger charge is -2.16. The number of hydrogen-bond donors (Lipinski definition) is 3. The molecule has 27 heavy (non-hydrogen) atoms. The van der Waals surface area contributed by atoms with Crippen molar-refractivity contribution in [3.8, 4) is 0 Å². The van der Waals surface area contributed by atoms with Crippen LogP contribution in [-0.2, 0) is 6.42 Å². The maximum atomic E-state index is 12.4. The highest BCUT2D eigenvalue weighted by atomic mass is 32.1. The van der Waals surface area contributed by atoms with E-state index in [1.165, 1.54) is 12.8 Å². The Labute approximate surface area is 163 Å². The fraction of sp³-hybridized carbons (Fsp3) is 0.300. The van der Waals surface area contributed by atoms with Crippen LogP contribution in [0.5, 0.6) is 0 Å². The van der Waals surface area contributed by atoms with Crippen LogP contribution in [0.3, 0.4) is 0 Å². The number of carbonyl (C=O) groups is 1. The van der Waals surface area contributed by atoms with Crippen LogP contribution in [-0.4, -0.2) is 35.4 Å². The van der Waals surface area contributed by atoms with E-state index < -0.39 is 0 Å². The zero-order valence-electron chi connectivity index (χ0n) is 15.2. The second-order valence-corrected chi connectivity index (χ2v) is 7.40. The molecular formula is C20H25N5OS. The van der Waals surface area contributed by atoms with E-state index in [1.54, 1.807) is 35.7 Å². The van der Waals surface area contributed by atoms with Crippen LogP contribution in [0, 0.1) is 0 Å². The number of likely N-dealkylation sites (tertiary alicyclic amines) is 1. The van der Waals surface area contributed by atoms with Crippen molar-refractivity contribution in [1.29, 1.82) is 0 Å². The van der Waals surface area contributed by atoms with Gasteiger partial charge in [-0.1, -0.05) is 12.1 Å². The first-order valence-corrected chi connectivity index (χ1v) is 9.96. The van der Waals surface area contributed by atoms with Gasteiger partial charge >= 0.3 is 0 Å². The standard InChI is InChI=1S/C20H25N5OS/c21-17(6-7-18(22)25-11-1-2-12-25)15-4-3-5-16(14-15)20(26)24-9-8-19-23-10-13-27-19/h3-7,10,13-14H,1-2,8-9,11-12,21-22H2,(H,24,26)/b17-6-,18-7+. The molecule has 5 N–H and O–H groups in total. The van der Waals surface area contributed by atoms with Gasteiger partial charge in [0.25, 0.3) is 5.91 Å². The Morgan fingerprint density at radius 2 is 2.00 bits per heavy atom. The quantitative estimate of drug-likeness (QED) is 0.638. The smallest absolute Gasteiger partial charge is 0.251 e.